The summed E-state index contributed by atoms with van der Waals surface area (Å²) in [7, 11) is 4.33. The van der Waals surface area contributed by atoms with Gasteiger partial charge in [0.05, 0.1) is 6.54 Å². The number of likely N-dealkylation sites (N-methyl/N-ethyl adjacent to an activating group) is 1. The first-order valence-corrected chi connectivity index (χ1v) is 8.21. The summed E-state index contributed by atoms with van der Waals surface area (Å²) >= 11 is 0. The van der Waals surface area contributed by atoms with Crippen molar-refractivity contribution in [1.29, 1.82) is 0 Å². The van der Waals surface area contributed by atoms with Gasteiger partial charge in [0, 0.05) is 12.6 Å². The van der Waals surface area contributed by atoms with Crippen LogP contribution < -0.4 is 11.1 Å². The molecule has 21 heavy (non-hydrogen) atoms. The lowest BCUT2D eigenvalue weighted by Gasteiger charge is -2.33. The van der Waals surface area contributed by atoms with Crippen LogP contribution in [0.1, 0.15) is 52.4 Å². The van der Waals surface area contributed by atoms with Crippen LogP contribution in [0.25, 0.3) is 0 Å². The molecule has 0 amide bonds. The molecule has 0 heterocycles. The normalized spacial score (nSPS) is 18.7. The first-order chi connectivity index (χ1) is 9.50. The van der Waals surface area contributed by atoms with Gasteiger partial charge in [-0.05, 0) is 45.2 Å². The molecule has 1 aliphatic carbocycles. The van der Waals surface area contributed by atoms with E-state index in [4.69, 9.17) is 5.73 Å². The molecular formula is C16H35IN4. The maximum absolute atomic E-state index is 5.96. The Morgan fingerprint density at radius 1 is 1.24 bits per heavy atom. The molecule has 0 aliphatic heterocycles. The molecule has 1 fully saturated rings. The fourth-order valence-corrected chi connectivity index (χ4v) is 2.99. The summed E-state index contributed by atoms with van der Waals surface area (Å²) < 4.78 is 0. The second kappa shape index (κ2) is 11.5. The molecule has 1 rings (SSSR count). The van der Waals surface area contributed by atoms with Crippen LogP contribution in [0.4, 0.5) is 0 Å². The Labute approximate surface area is 148 Å². The van der Waals surface area contributed by atoms with Crippen molar-refractivity contribution in [3.05, 3.63) is 0 Å². The highest BCUT2D eigenvalue weighted by molar-refractivity contribution is 14.0. The van der Waals surface area contributed by atoms with Crippen molar-refractivity contribution < 1.29 is 0 Å². The molecule has 0 spiro atoms. The Morgan fingerprint density at radius 3 is 2.38 bits per heavy atom. The first-order valence-electron chi connectivity index (χ1n) is 8.21. The van der Waals surface area contributed by atoms with Crippen LogP contribution in [0.15, 0.2) is 4.99 Å². The van der Waals surface area contributed by atoms with Crippen LogP contribution >= 0.6 is 24.0 Å². The maximum atomic E-state index is 5.96. The van der Waals surface area contributed by atoms with Gasteiger partial charge >= 0.3 is 0 Å². The van der Waals surface area contributed by atoms with Crippen LogP contribution in [-0.2, 0) is 0 Å². The lowest BCUT2D eigenvalue weighted by molar-refractivity contribution is 0.176. The summed E-state index contributed by atoms with van der Waals surface area (Å²) in [6.07, 6.45) is 7.98. The Balaban J connectivity index is 0.00000400. The van der Waals surface area contributed by atoms with E-state index in [9.17, 15) is 0 Å². The van der Waals surface area contributed by atoms with Crippen LogP contribution in [0, 0.1) is 11.8 Å². The lowest BCUT2D eigenvalue weighted by Crippen LogP contribution is -2.40. The predicted octanol–water partition coefficient (Wildman–Crippen LogP) is 3.07. The summed E-state index contributed by atoms with van der Waals surface area (Å²) in [4.78, 5) is 6.88. The number of nitrogens with two attached hydrogens (primary N) is 1. The summed E-state index contributed by atoms with van der Waals surface area (Å²) in [5.74, 6) is 2.09. The fraction of sp³-hybridized carbons (Fsp3) is 0.938. The topological polar surface area (TPSA) is 53.6 Å². The number of hydrogen-bond acceptors (Lipinski definition) is 2. The molecule has 0 aromatic heterocycles. The highest BCUT2D eigenvalue weighted by atomic mass is 127. The summed E-state index contributed by atoms with van der Waals surface area (Å²) in [5.41, 5.74) is 5.96. The molecule has 5 heteroatoms. The van der Waals surface area contributed by atoms with Gasteiger partial charge in [-0.2, -0.15) is 0 Å². The van der Waals surface area contributed by atoms with Gasteiger partial charge in [-0.25, -0.2) is 0 Å². The van der Waals surface area contributed by atoms with Crippen LogP contribution in [-0.4, -0.2) is 44.1 Å². The highest BCUT2D eigenvalue weighted by Crippen LogP contribution is 2.28. The maximum Gasteiger partial charge on any atom is 0.188 e. The SMILES string of the molecule is CC(C)CCNC(N)=NCC(C1CCCCC1)N(C)C.I. The van der Waals surface area contributed by atoms with Gasteiger partial charge in [0.1, 0.15) is 0 Å². The second-order valence-electron chi connectivity index (χ2n) is 6.76. The molecular weight excluding hydrogens is 375 g/mol. The molecule has 1 aliphatic rings. The molecule has 1 atom stereocenters. The second-order valence-corrected chi connectivity index (χ2v) is 6.76. The third-order valence-electron chi connectivity index (χ3n) is 4.33. The van der Waals surface area contributed by atoms with E-state index in [1.165, 1.54) is 32.1 Å². The van der Waals surface area contributed by atoms with Crippen LogP contribution in [0.2, 0.25) is 0 Å². The Hall–Kier alpha value is -0.0400. The fourth-order valence-electron chi connectivity index (χ4n) is 2.99. The summed E-state index contributed by atoms with van der Waals surface area (Å²) in [6, 6.07) is 0.528. The molecule has 3 N–H and O–H groups in total. The quantitative estimate of drug-likeness (QED) is 0.385. The van der Waals surface area contributed by atoms with Crippen molar-refractivity contribution in [2.45, 2.75) is 58.4 Å². The van der Waals surface area contributed by atoms with Crippen LogP contribution in [0.5, 0.6) is 0 Å². The van der Waals surface area contributed by atoms with E-state index in [0.29, 0.717) is 17.9 Å². The highest BCUT2D eigenvalue weighted by Gasteiger charge is 2.24. The number of nitrogens with one attached hydrogen (secondary N) is 1. The number of nitrogens with zero attached hydrogens (tertiary/aromatic N) is 2. The predicted molar refractivity (Wildman–Crippen MR) is 103 cm³/mol. The molecule has 0 bridgehead atoms. The third kappa shape index (κ3) is 8.86. The lowest BCUT2D eigenvalue weighted by atomic mass is 9.83. The van der Waals surface area contributed by atoms with Gasteiger partial charge in [0.25, 0.3) is 0 Å². The third-order valence-corrected chi connectivity index (χ3v) is 4.33. The minimum Gasteiger partial charge on any atom is -0.370 e. The molecule has 1 saturated carbocycles. The van der Waals surface area contributed by atoms with Crippen molar-refractivity contribution in [2.75, 3.05) is 27.2 Å². The zero-order valence-corrected chi connectivity index (χ0v) is 16.6. The Kier molecular flexibility index (Phi) is 11.5. The van der Waals surface area contributed by atoms with Crippen molar-refractivity contribution >= 4 is 29.9 Å². The zero-order valence-electron chi connectivity index (χ0n) is 14.3. The van der Waals surface area contributed by atoms with Crippen LogP contribution in [0.3, 0.4) is 0 Å². The van der Waals surface area contributed by atoms with E-state index in [1.54, 1.807) is 0 Å². The van der Waals surface area contributed by atoms with Gasteiger partial charge in [-0.15, -0.1) is 24.0 Å². The van der Waals surface area contributed by atoms with Gasteiger partial charge in [0.2, 0.25) is 0 Å². The zero-order chi connectivity index (χ0) is 15.0. The molecule has 4 nitrogen and oxygen atoms in total. The molecule has 1 unspecified atom stereocenters. The first kappa shape index (κ1) is 21.0. The van der Waals surface area contributed by atoms with Crippen molar-refractivity contribution in [2.24, 2.45) is 22.6 Å². The monoisotopic (exact) mass is 410 g/mol. The molecule has 0 aromatic rings. The number of halogens is 1. The molecule has 0 aromatic carbocycles. The van der Waals surface area contributed by atoms with E-state index >= 15 is 0 Å². The van der Waals surface area contributed by atoms with Gasteiger partial charge in [-0.3, -0.25) is 4.99 Å². The minimum atomic E-state index is 0. The van der Waals surface area contributed by atoms with Gasteiger partial charge < -0.3 is 16.0 Å². The Bertz CT molecular complexity index is 286. The molecule has 126 valence electrons. The van der Waals surface area contributed by atoms with Crippen molar-refractivity contribution in [3.63, 3.8) is 0 Å². The number of aliphatic imine (C=N–C) groups is 1. The average Bonchev–Trinajstić information content (AvgIpc) is 2.39. The number of guanidine groups is 1. The molecule has 0 saturated heterocycles. The number of hydrogen-bond donors (Lipinski definition) is 2. The minimum absolute atomic E-state index is 0. The van der Waals surface area contributed by atoms with Crippen molar-refractivity contribution in [1.82, 2.24) is 10.2 Å². The Morgan fingerprint density at radius 2 is 1.86 bits per heavy atom. The summed E-state index contributed by atoms with van der Waals surface area (Å²) in [5, 5.41) is 3.22. The number of rotatable bonds is 7. The van der Waals surface area contributed by atoms with Gasteiger partial charge in [0.15, 0.2) is 5.96 Å². The van der Waals surface area contributed by atoms with E-state index < -0.39 is 0 Å². The van der Waals surface area contributed by atoms with E-state index in [2.05, 4.69) is 43.2 Å². The smallest absolute Gasteiger partial charge is 0.188 e. The summed E-state index contributed by atoms with van der Waals surface area (Å²) in [6.45, 7) is 6.18. The standard InChI is InChI=1S/C16H34N4.HI/c1-13(2)10-11-18-16(17)19-12-15(20(3)4)14-8-6-5-7-9-14;/h13-15H,5-12H2,1-4H3,(H3,17,18,19);1H. The van der Waals surface area contributed by atoms with E-state index in [1.807, 2.05) is 0 Å². The largest absolute Gasteiger partial charge is 0.370 e. The van der Waals surface area contributed by atoms with E-state index in [-0.39, 0.29) is 24.0 Å². The van der Waals surface area contributed by atoms with Gasteiger partial charge in [-0.1, -0.05) is 33.1 Å². The average molecular weight is 410 g/mol. The molecule has 0 radical (unpaired) electrons. The van der Waals surface area contributed by atoms with E-state index in [0.717, 1.165) is 25.4 Å². The van der Waals surface area contributed by atoms with Crippen molar-refractivity contribution in [3.8, 4) is 0 Å².